The van der Waals surface area contributed by atoms with E-state index in [1.807, 2.05) is 75.4 Å². The van der Waals surface area contributed by atoms with Crippen LogP contribution in [0.25, 0.3) is 5.76 Å². The number of hydrogen-bond acceptors (Lipinski definition) is 5. The Morgan fingerprint density at radius 2 is 1.68 bits per heavy atom. The number of ketones is 1. The number of benzene rings is 3. The predicted molar refractivity (Wildman–Crippen MR) is 145 cm³/mol. The second-order valence-corrected chi connectivity index (χ2v) is 9.92. The molecule has 6 heteroatoms. The van der Waals surface area contributed by atoms with Gasteiger partial charge in [-0.3, -0.25) is 14.5 Å². The van der Waals surface area contributed by atoms with Gasteiger partial charge in [-0.05, 0) is 79.8 Å². The molecule has 0 aliphatic carbocycles. The molecule has 1 fully saturated rings. The van der Waals surface area contributed by atoms with Gasteiger partial charge in [-0.15, -0.1) is 0 Å². The standard InChI is InChI=1S/C31H33NO5/c1-18(2)17-37-24-9-7-8-22(16-24)28-27(29(33)25-14-21(5)26(36-6)15-20(25)4)30(34)31(35)32(28)23-12-10-19(3)11-13-23/h7-16,18,28,33H,17H2,1-6H3/b29-27+. The molecule has 0 bridgehead atoms. The molecule has 1 N–H and O–H groups in total. The minimum atomic E-state index is -0.827. The number of methoxy groups -OCH3 is 1. The number of anilines is 1. The van der Waals surface area contributed by atoms with Gasteiger partial charge in [0.2, 0.25) is 0 Å². The number of Topliss-reactive ketones (excluding diaryl/α,β-unsaturated/α-hetero) is 1. The van der Waals surface area contributed by atoms with E-state index in [0.717, 1.165) is 16.7 Å². The molecule has 0 saturated carbocycles. The normalized spacial score (nSPS) is 16.9. The highest BCUT2D eigenvalue weighted by atomic mass is 16.5. The average molecular weight is 500 g/mol. The van der Waals surface area contributed by atoms with Crippen molar-refractivity contribution >= 4 is 23.1 Å². The molecule has 192 valence electrons. The number of nitrogens with zero attached hydrogens (tertiary/aromatic N) is 1. The van der Waals surface area contributed by atoms with Crippen molar-refractivity contribution in [1.29, 1.82) is 0 Å². The number of aliphatic hydroxyl groups is 1. The highest BCUT2D eigenvalue weighted by molar-refractivity contribution is 6.51. The van der Waals surface area contributed by atoms with Gasteiger partial charge >= 0.3 is 0 Å². The average Bonchev–Trinajstić information content (AvgIpc) is 3.14. The van der Waals surface area contributed by atoms with Gasteiger partial charge in [0.05, 0.1) is 25.3 Å². The minimum absolute atomic E-state index is 0.0410. The van der Waals surface area contributed by atoms with E-state index in [4.69, 9.17) is 9.47 Å². The van der Waals surface area contributed by atoms with Crippen LogP contribution in [0.3, 0.4) is 0 Å². The lowest BCUT2D eigenvalue weighted by Crippen LogP contribution is -2.29. The minimum Gasteiger partial charge on any atom is -0.507 e. The van der Waals surface area contributed by atoms with Crippen molar-refractivity contribution in [1.82, 2.24) is 0 Å². The second kappa shape index (κ2) is 10.5. The van der Waals surface area contributed by atoms with Gasteiger partial charge in [0.15, 0.2) is 0 Å². The molecule has 4 rings (SSSR count). The molecule has 1 aliphatic rings. The lowest BCUT2D eigenvalue weighted by Gasteiger charge is -2.26. The number of aryl methyl sites for hydroxylation is 3. The monoisotopic (exact) mass is 499 g/mol. The summed E-state index contributed by atoms with van der Waals surface area (Å²) in [7, 11) is 1.59. The van der Waals surface area contributed by atoms with E-state index < -0.39 is 17.7 Å². The van der Waals surface area contributed by atoms with Gasteiger partial charge in [0.1, 0.15) is 17.3 Å². The number of hydrogen-bond donors (Lipinski definition) is 1. The van der Waals surface area contributed by atoms with Crippen LogP contribution >= 0.6 is 0 Å². The van der Waals surface area contributed by atoms with Crippen LogP contribution in [0.15, 0.2) is 66.2 Å². The molecule has 1 amide bonds. The third kappa shape index (κ3) is 5.10. The molecule has 6 nitrogen and oxygen atoms in total. The SMILES string of the molecule is COc1cc(C)c(/C(O)=C2\C(=O)C(=O)N(c3ccc(C)cc3)C2c2cccc(OCC(C)C)c2)cc1C. The van der Waals surface area contributed by atoms with Crippen LogP contribution in [0, 0.1) is 26.7 Å². The quantitative estimate of drug-likeness (QED) is 0.235. The van der Waals surface area contributed by atoms with Crippen molar-refractivity contribution in [3.63, 3.8) is 0 Å². The third-order valence-corrected chi connectivity index (χ3v) is 6.51. The summed E-state index contributed by atoms with van der Waals surface area (Å²) in [5, 5.41) is 11.6. The summed E-state index contributed by atoms with van der Waals surface area (Å²) in [5.41, 5.74) is 4.35. The largest absolute Gasteiger partial charge is 0.507 e. The van der Waals surface area contributed by atoms with Crippen LogP contribution < -0.4 is 14.4 Å². The zero-order chi connectivity index (χ0) is 26.9. The van der Waals surface area contributed by atoms with Gasteiger partial charge in [0, 0.05) is 11.3 Å². The Balaban J connectivity index is 1.93. The summed E-state index contributed by atoms with van der Waals surface area (Å²) in [6.07, 6.45) is 0. The summed E-state index contributed by atoms with van der Waals surface area (Å²) in [5.74, 6) is 0.0203. The van der Waals surface area contributed by atoms with Crippen LogP contribution in [-0.4, -0.2) is 30.5 Å². The highest BCUT2D eigenvalue weighted by Gasteiger charge is 2.47. The van der Waals surface area contributed by atoms with Crippen molar-refractivity contribution in [3.8, 4) is 11.5 Å². The topological polar surface area (TPSA) is 76.1 Å². The van der Waals surface area contributed by atoms with Crippen LogP contribution in [0.1, 0.15) is 47.7 Å². The molecule has 1 heterocycles. The summed E-state index contributed by atoms with van der Waals surface area (Å²) in [4.78, 5) is 28.4. The van der Waals surface area contributed by atoms with Crippen LogP contribution in [0.5, 0.6) is 11.5 Å². The van der Waals surface area contributed by atoms with Gasteiger partial charge in [-0.1, -0.05) is 43.7 Å². The van der Waals surface area contributed by atoms with Crippen LogP contribution in [-0.2, 0) is 9.59 Å². The van der Waals surface area contributed by atoms with Crippen molar-refractivity contribution in [2.24, 2.45) is 5.92 Å². The number of carbonyl (C=O) groups excluding carboxylic acids is 2. The Hall–Kier alpha value is -4.06. The van der Waals surface area contributed by atoms with Crippen molar-refractivity contribution in [3.05, 3.63) is 94.1 Å². The molecule has 0 aromatic heterocycles. The van der Waals surface area contributed by atoms with E-state index in [9.17, 15) is 14.7 Å². The molecule has 37 heavy (non-hydrogen) atoms. The molecule has 0 spiro atoms. The van der Waals surface area contributed by atoms with Crippen LogP contribution in [0.2, 0.25) is 0 Å². The number of ether oxygens (including phenoxy) is 2. The summed E-state index contributed by atoms with van der Waals surface area (Å²) in [6, 6.07) is 17.5. The van der Waals surface area contributed by atoms with Crippen molar-refractivity contribution < 1.29 is 24.2 Å². The molecule has 1 saturated heterocycles. The molecule has 3 aromatic carbocycles. The van der Waals surface area contributed by atoms with Crippen molar-refractivity contribution in [2.75, 3.05) is 18.6 Å². The van der Waals surface area contributed by atoms with Crippen LogP contribution in [0.4, 0.5) is 5.69 Å². The fourth-order valence-corrected chi connectivity index (χ4v) is 4.57. The Labute approximate surface area is 218 Å². The Kier molecular flexibility index (Phi) is 7.39. The van der Waals surface area contributed by atoms with Gasteiger partial charge < -0.3 is 14.6 Å². The van der Waals surface area contributed by atoms with Gasteiger partial charge in [-0.2, -0.15) is 0 Å². The first kappa shape index (κ1) is 26.0. The van der Waals surface area contributed by atoms with E-state index in [1.54, 1.807) is 13.2 Å². The summed E-state index contributed by atoms with van der Waals surface area (Å²) in [6.45, 7) is 10.3. The molecule has 3 aromatic rings. The first-order valence-electron chi connectivity index (χ1n) is 12.4. The van der Waals surface area contributed by atoms with E-state index in [2.05, 4.69) is 13.8 Å². The molecule has 1 unspecified atom stereocenters. The maximum atomic E-state index is 13.5. The molecular formula is C31H33NO5. The van der Waals surface area contributed by atoms with Crippen molar-refractivity contribution in [2.45, 2.75) is 40.7 Å². The first-order chi connectivity index (χ1) is 17.6. The molecule has 1 aliphatic heterocycles. The number of carbonyl (C=O) groups is 2. The smallest absolute Gasteiger partial charge is 0.300 e. The fourth-order valence-electron chi connectivity index (χ4n) is 4.57. The van der Waals surface area contributed by atoms with Gasteiger partial charge in [-0.25, -0.2) is 0 Å². The van der Waals surface area contributed by atoms with E-state index >= 15 is 0 Å². The molecule has 1 atom stereocenters. The number of amides is 1. The van der Waals surface area contributed by atoms with E-state index in [-0.39, 0.29) is 11.3 Å². The maximum absolute atomic E-state index is 13.5. The summed E-state index contributed by atoms with van der Waals surface area (Å²) >= 11 is 0. The zero-order valence-corrected chi connectivity index (χ0v) is 22.2. The zero-order valence-electron chi connectivity index (χ0n) is 22.2. The number of rotatable bonds is 7. The molecule has 0 radical (unpaired) electrons. The lowest BCUT2D eigenvalue weighted by atomic mass is 9.93. The molecular weight excluding hydrogens is 466 g/mol. The Morgan fingerprint density at radius 1 is 0.973 bits per heavy atom. The predicted octanol–water partition coefficient (Wildman–Crippen LogP) is 6.28. The summed E-state index contributed by atoms with van der Waals surface area (Å²) < 4.78 is 11.3. The third-order valence-electron chi connectivity index (χ3n) is 6.51. The Morgan fingerprint density at radius 3 is 2.32 bits per heavy atom. The Bertz CT molecular complexity index is 1370. The number of aliphatic hydroxyl groups excluding tert-OH is 1. The fraction of sp³-hybridized carbons (Fsp3) is 0.290. The lowest BCUT2D eigenvalue weighted by molar-refractivity contribution is -0.132. The van der Waals surface area contributed by atoms with E-state index in [0.29, 0.717) is 40.8 Å². The highest BCUT2D eigenvalue weighted by Crippen LogP contribution is 2.43. The maximum Gasteiger partial charge on any atom is 0.300 e. The van der Waals surface area contributed by atoms with Gasteiger partial charge in [0.25, 0.3) is 11.7 Å². The van der Waals surface area contributed by atoms with E-state index in [1.165, 1.54) is 4.90 Å². The first-order valence-corrected chi connectivity index (χ1v) is 12.4. The second-order valence-electron chi connectivity index (χ2n) is 9.92.